The minimum Gasteiger partial charge on any atom is -0.454 e. The molecule has 150 valence electrons. The van der Waals surface area contributed by atoms with Crippen molar-refractivity contribution in [1.82, 2.24) is 9.80 Å². The van der Waals surface area contributed by atoms with E-state index in [4.69, 9.17) is 15.2 Å². The van der Waals surface area contributed by atoms with Crippen LogP contribution in [0.15, 0.2) is 45.2 Å². The van der Waals surface area contributed by atoms with Gasteiger partial charge in [-0.25, -0.2) is 4.99 Å². The second-order valence-corrected chi connectivity index (χ2v) is 7.66. The van der Waals surface area contributed by atoms with Crippen LogP contribution in [0, 0.1) is 11.3 Å². The van der Waals surface area contributed by atoms with Crippen LogP contribution in [-0.4, -0.2) is 40.8 Å². The van der Waals surface area contributed by atoms with Gasteiger partial charge in [0, 0.05) is 13.1 Å². The fourth-order valence-electron chi connectivity index (χ4n) is 3.69. The van der Waals surface area contributed by atoms with E-state index in [0.717, 1.165) is 5.56 Å². The third-order valence-electron chi connectivity index (χ3n) is 5.17. The number of aliphatic imine (C=N–C) groups is 1. The average molecular weight is 411 g/mol. The maximum Gasteiger partial charge on any atom is 0.254 e. The molecule has 0 fully saturated rings. The van der Waals surface area contributed by atoms with Crippen LogP contribution >= 0.6 is 11.8 Å². The van der Waals surface area contributed by atoms with Gasteiger partial charge in [-0.2, -0.15) is 5.26 Å². The van der Waals surface area contributed by atoms with E-state index in [0.29, 0.717) is 51.8 Å². The van der Waals surface area contributed by atoms with Gasteiger partial charge in [-0.15, -0.1) is 0 Å². The van der Waals surface area contributed by atoms with Crippen LogP contribution in [0.25, 0.3) is 0 Å². The van der Waals surface area contributed by atoms with Crippen molar-refractivity contribution >= 4 is 22.8 Å². The van der Waals surface area contributed by atoms with Crippen LogP contribution in [0.1, 0.15) is 32.4 Å². The van der Waals surface area contributed by atoms with Gasteiger partial charge >= 0.3 is 0 Å². The maximum absolute atomic E-state index is 13.4. The number of benzene rings is 1. The zero-order valence-corrected chi connectivity index (χ0v) is 17.2. The van der Waals surface area contributed by atoms with Gasteiger partial charge in [-0.05, 0) is 50.2 Å². The molecule has 1 atom stereocenters. The van der Waals surface area contributed by atoms with Crippen molar-refractivity contribution in [2.24, 2.45) is 10.7 Å². The molecule has 3 heterocycles. The van der Waals surface area contributed by atoms with Crippen LogP contribution < -0.4 is 15.2 Å². The molecule has 3 aliphatic rings. The number of allylic oxidation sites excluding steroid dienone is 2. The first-order chi connectivity index (χ1) is 14.0. The van der Waals surface area contributed by atoms with E-state index in [1.54, 1.807) is 9.80 Å². The van der Waals surface area contributed by atoms with Gasteiger partial charge in [0.2, 0.25) is 6.79 Å². The molecule has 8 nitrogen and oxygen atoms in total. The van der Waals surface area contributed by atoms with Crippen LogP contribution in [0.5, 0.6) is 11.5 Å². The predicted octanol–water partition coefficient (Wildman–Crippen LogP) is 2.67. The number of hydrogen-bond acceptors (Lipinski definition) is 8. The Bertz CT molecular complexity index is 1020. The molecule has 0 radical (unpaired) electrons. The second kappa shape index (κ2) is 7.37. The molecule has 9 heteroatoms. The van der Waals surface area contributed by atoms with Crippen LogP contribution in [0.4, 0.5) is 0 Å². The van der Waals surface area contributed by atoms with Crippen molar-refractivity contribution in [2.45, 2.75) is 26.8 Å². The lowest BCUT2D eigenvalue weighted by Crippen LogP contribution is -2.42. The molecule has 1 amide bonds. The van der Waals surface area contributed by atoms with E-state index < -0.39 is 6.04 Å². The van der Waals surface area contributed by atoms with Crippen molar-refractivity contribution in [2.75, 3.05) is 19.9 Å². The zero-order chi connectivity index (χ0) is 20.7. The summed E-state index contributed by atoms with van der Waals surface area (Å²) in [6, 6.07) is 7.20. The highest BCUT2D eigenvalue weighted by Crippen LogP contribution is 2.47. The molecule has 0 saturated carbocycles. The lowest BCUT2D eigenvalue weighted by Gasteiger charge is -2.36. The lowest BCUT2D eigenvalue weighted by atomic mass is 9.93. The summed E-state index contributed by atoms with van der Waals surface area (Å²) in [7, 11) is 0. The Labute approximate surface area is 173 Å². The largest absolute Gasteiger partial charge is 0.454 e. The molecule has 0 spiro atoms. The van der Waals surface area contributed by atoms with Gasteiger partial charge in [0.25, 0.3) is 5.91 Å². The Hall–Kier alpha value is -3.12. The van der Waals surface area contributed by atoms with Crippen molar-refractivity contribution in [1.29, 1.82) is 5.26 Å². The Morgan fingerprint density at radius 1 is 1.38 bits per heavy atom. The van der Waals surface area contributed by atoms with E-state index >= 15 is 0 Å². The van der Waals surface area contributed by atoms with E-state index in [2.05, 4.69) is 11.1 Å². The van der Waals surface area contributed by atoms with Gasteiger partial charge < -0.3 is 20.1 Å². The number of amidine groups is 1. The summed E-state index contributed by atoms with van der Waals surface area (Å²) in [6.45, 7) is 7.04. The third-order valence-corrected chi connectivity index (χ3v) is 6.15. The number of ether oxygens (including phenoxy) is 2. The number of carbonyl (C=O) groups excluding carboxylic acids is 1. The van der Waals surface area contributed by atoms with Crippen molar-refractivity contribution in [3.05, 3.63) is 45.8 Å². The minimum atomic E-state index is -0.511. The van der Waals surface area contributed by atoms with Crippen LogP contribution in [-0.2, 0) is 4.79 Å². The Morgan fingerprint density at radius 3 is 2.79 bits per heavy atom. The molecule has 0 aliphatic carbocycles. The number of likely N-dealkylation sites (N-methyl/N-ethyl adjacent to an activating group) is 1. The Kier molecular flexibility index (Phi) is 4.88. The molecule has 0 unspecified atom stereocenters. The molecule has 1 aromatic rings. The van der Waals surface area contributed by atoms with Crippen LogP contribution in [0.3, 0.4) is 0 Å². The summed E-state index contributed by atoms with van der Waals surface area (Å²) in [5, 5.41) is 10.0. The number of fused-ring (bicyclic) bond motifs is 2. The number of nitrogens with zero attached hydrogens (tertiary/aromatic N) is 4. The molecular formula is C20H21N5O3S. The first kappa shape index (κ1) is 19.2. The molecule has 0 aromatic heterocycles. The maximum atomic E-state index is 13.4. The standard InChI is InChI=1S/C20H21N5O3S/c1-4-24(5-2)19(26)16-11(3)23-20-25(18(22)15(9-21)29-20)17(16)12-6-7-13-14(8-12)28-10-27-13/h6-8,17H,4-5,10,22H2,1-3H3/t17-/m1/s1. The van der Waals surface area contributed by atoms with E-state index in [-0.39, 0.29) is 12.7 Å². The average Bonchev–Trinajstić information content (AvgIpc) is 3.31. The smallest absolute Gasteiger partial charge is 0.254 e. The van der Waals surface area contributed by atoms with Crippen molar-refractivity contribution < 1.29 is 14.3 Å². The molecule has 29 heavy (non-hydrogen) atoms. The number of nitriles is 1. The first-order valence-electron chi connectivity index (χ1n) is 9.35. The van der Waals surface area contributed by atoms with Crippen LogP contribution in [0.2, 0.25) is 0 Å². The number of rotatable bonds is 4. The monoisotopic (exact) mass is 411 g/mol. The normalized spacial score (nSPS) is 19.9. The highest BCUT2D eigenvalue weighted by molar-refractivity contribution is 8.17. The van der Waals surface area contributed by atoms with Crippen molar-refractivity contribution in [3.8, 4) is 17.6 Å². The van der Waals surface area contributed by atoms with E-state index in [1.807, 2.05) is 39.0 Å². The topological polar surface area (TPSA) is 104 Å². The van der Waals surface area contributed by atoms with Gasteiger partial charge in [-0.1, -0.05) is 6.07 Å². The Morgan fingerprint density at radius 2 is 2.10 bits per heavy atom. The molecule has 0 bridgehead atoms. The van der Waals surface area contributed by atoms with Gasteiger partial charge in [0.15, 0.2) is 16.7 Å². The molecule has 3 aliphatic heterocycles. The summed E-state index contributed by atoms with van der Waals surface area (Å²) < 4.78 is 11.0. The van der Waals surface area contributed by atoms with Gasteiger partial charge in [0.05, 0.1) is 17.3 Å². The highest BCUT2D eigenvalue weighted by Gasteiger charge is 2.43. The number of amides is 1. The second-order valence-electron chi connectivity index (χ2n) is 6.68. The van der Waals surface area contributed by atoms with E-state index in [9.17, 15) is 10.1 Å². The molecule has 1 aromatic carbocycles. The third kappa shape index (κ3) is 3.00. The van der Waals surface area contributed by atoms with E-state index in [1.165, 1.54) is 11.8 Å². The molecule has 4 rings (SSSR count). The molecule has 2 N–H and O–H groups in total. The summed E-state index contributed by atoms with van der Waals surface area (Å²) in [5.74, 6) is 1.49. The number of nitrogens with two attached hydrogens (primary N) is 1. The minimum absolute atomic E-state index is 0.0961. The highest BCUT2D eigenvalue weighted by atomic mass is 32.2. The summed E-state index contributed by atoms with van der Waals surface area (Å²) in [4.78, 5) is 21.9. The van der Waals surface area contributed by atoms with Gasteiger partial charge in [-0.3, -0.25) is 9.69 Å². The fourth-order valence-corrected chi connectivity index (χ4v) is 4.61. The molecular weight excluding hydrogens is 390 g/mol. The number of thioether (sulfide) groups is 1. The lowest BCUT2D eigenvalue weighted by molar-refractivity contribution is -0.127. The SMILES string of the molecule is CCN(CC)C(=O)C1=C(C)N=C2SC(C#N)=C(N)N2[C@@H]1c1ccc2c(c1)OCO2. The van der Waals surface area contributed by atoms with Crippen molar-refractivity contribution in [3.63, 3.8) is 0 Å². The fraction of sp³-hybridized carbons (Fsp3) is 0.350. The number of hydrogen-bond donors (Lipinski definition) is 1. The Balaban J connectivity index is 1.88. The summed E-state index contributed by atoms with van der Waals surface area (Å²) in [5.41, 5.74) is 8.29. The predicted molar refractivity (Wildman–Crippen MR) is 110 cm³/mol. The molecule has 0 saturated heterocycles. The quantitative estimate of drug-likeness (QED) is 0.812. The zero-order valence-electron chi connectivity index (χ0n) is 16.4. The first-order valence-corrected chi connectivity index (χ1v) is 10.2. The summed E-state index contributed by atoms with van der Waals surface area (Å²) >= 11 is 1.22. The number of carbonyl (C=O) groups is 1. The summed E-state index contributed by atoms with van der Waals surface area (Å²) in [6.07, 6.45) is 0. The van der Waals surface area contributed by atoms with Gasteiger partial charge in [0.1, 0.15) is 16.8 Å².